The second kappa shape index (κ2) is 16.6. The Morgan fingerprint density at radius 1 is 0.222 bits per heavy atom. The van der Waals surface area contributed by atoms with Crippen LogP contribution in [-0.4, -0.2) is 0 Å². The van der Waals surface area contributed by atoms with Gasteiger partial charge in [0.05, 0.1) is 0 Å². The van der Waals surface area contributed by atoms with E-state index >= 15 is 0 Å². The Balaban J connectivity index is 0.924. The molecule has 0 saturated heterocycles. The summed E-state index contributed by atoms with van der Waals surface area (Å²) < 4.78 is 6.42. The summed E-state index contributed by atoms with van der Waals surface area (Å²) in [5.74, 6) is 0. The molecule has 0 saturated carbocycles. The largest absolute Gasteiger partial charge is 0.455 e. The lowest BCUT2D eigenvalue weighted by molar-refractivity contribution is 0.670. The lowest BCUT2D eigenvalue weighted by Gasteiger charge is -2.26. The first-order valence-corrected chi connectivity index (χ1v) is 21.4. The highest BCUT2D eigenvalue weighted by Gasteiger charge is 2.17. The van der Waals surface area contributed by atoms with Crippen LogP contribution in [0.1, 0.15) is 0 Å². The van der Waals surface area contributed by atoms with Gasteiger partial charge in [0.15, 0.2) is 0 Å². The first-order chi connectivity index (χ1) is 31.2. The molecule has 0 amide bonds. The Morgan fingerprint density at radius 2 is 0.540 bits per heavy atom. The molecule has 0 aliphatic carbocycles. The average Bonchev–Trinajstić information content (AvgIpc) is 3.75. The van der Waals surface area contributed by atoms with E-state index in [0.717, 1.165) is 78.3 Å². The Morgan fingerprint density at radius 3 is 0.984 bits per heavy atom. The number of anilines is 6. The van der Waals surface area contributed by atoms with Crippen LogP contribution >= 0.6 is 0 Å². The molecule has 3 nitrogen and oxygen atoms in total. The van der Waals surface area contributed by atoms with Crippen LogP contribution < -0.4 is 9.80 Å². The number of hydrogen-bond donors (Lipinski definition) is 0. The third-order valence-corrected chi connectivity index (χ3v) is 11.9. The van der Waals surface area contributed by atoms with E-state index in [4.69, 9.17) is 4.42 Å². The molecule has 10 aromatic carbocycles. The Hall–Kier alpha value is -8.40. The van der Waals surface area contributed by atoms with Gasteiger partial charge in [-0.3, -0.25) is 0 Å². The molecule has 11 aromatic rings. The first kappa shape index (κ1) is 37.6. The van der Waals surface area contributed by atoms with Crippen LogP contribution in [-0.2, 0) is 0 Å². The molecule has 0 radical (unpaired) electrons. The molecule has 0 spiro atoms. The van der Waals surface area contributed by atoms with Gasteiger partial charge < -0.3 is 14.2 Å². The van der Waals surface area contributed by atoms with Gasteiger partial charge in [0.2, 0.25) is 0 Å². The van der Waals surface area contributed by atoms with E-state index in [2.05, 4.69) is 252 Å². The zero-order valence-electron chi connectivity index (χ0n) is 34.6. The third-order valence-electron chi connectivity index (χ3n) is 11.9. The summed E-state index contributed by atoms with van der Waals surface area (Å²) in [6, 6.07) is 90.5. The van der Waals surface area contributed by atoms with Gasteiger partial charge in [-0.05, 0) is 118 Å². The van der Waals surface area contributed by atoms with Crippen LogP contribution in [0.4, 0.5) is 34.1 Å². The summed E-state index contributed by atoms with van der Waals surface area (Å²) >= 11 is 0. The average molecular weight is 807 g/mol. The molecule has 298 valence electrons. The van der Waals surface area contributed by atoms with Crippen LogP contribution in [0.15, 0.2) is 259 Å². The van der Waals surface area contributed by atoms with Crippen molar-refractivity contribution in [3.8, 4) is 44.5 Å². The van der Waals surface area contributed by atoms with Crippen molar-refractivity contribution in [1.82, 2.24) is 0 Å². The number of nitrogens with zero attached hydrogens (tertiary/aromatic N) is 2. The van der Waals surface area contributed by atoms with Crippen molar-refractivity contribution in [2.24, 2.45) is 0 Å². The maximum atomic E-state index is 6.42. The third kappa shape index (κ3) is 7.43. The number of hydrogen-bond acceptors (Lipinski definition) is 3. The molecule has 0 bridgehead atoms. The summed E-state index contributed by atoms with van der Waals surface area (Å²) in [4.78, 5) is 4.62. The normalized spacial score (nSPS) is 11.2. The molecule has 0 fully saturated rings. The number of benzene rings is 10. The summed E-state index contributed by atoms with van der Waals surface area (Å²) in [5.41, 5.74) is 17.6. The molecule has 3 heteroatoms. The van der Waals surface area contributed by atoms with Crippen molar-refractivity contribution in [1.29, 1.82) is 0 Å². The molecule has 63 heavy (non-hydrogen) atoms. The predicted octanol–water partition coefficient (Wildman–Crippen LogP) is 17.2. The number of rotatable bonds is 10. The zero-order chi connectivity index (χ0) is 42.0. The minimum atomic E-state index is 0.902. The van der Waals surface area contributed by atoms with E-state index < -0.39 is 0 Å². The van der Waals surface area contributed by atoms with Gasteiger partial charge in [0.1, 0.15) is 11.2 Å². The van der Waals surface area contributed by atoms with Gasteiger partial charge in [-0.1, -0.05) is 176 Å². The quantitative estimate of drug-likeness (QED) is 0.137. The molecule has 0 unspecified atom stereocenters. The predicted molar refractivity (Wildman–Crippen MR) is 265 cm³/mol. The molecule has 1 heterocycles. The molecular formula is C60H42N2O. The number of para-hydroxylation sites is 4. The lowest BCUT2D eigenvalue weighted by atomic mass is 9.99. The Kier molecular flexibility index (Phi) is 9.89. The van der Waals surface area contributed by atoms with E-state index in [1.54, 1.807) is 0 Å². The van der Waals surface area contributed by atoms with E-state index in [-0.39, 0.29) is 0 Å². The standard InChI is InChI=1S/C60H42N2O/c1-4-13-43(14-5-1)44-23-25-45(26-24-44)46-27-37-53(38-28-46)62(55-41-33-49(34-42-55)56-20-12-21-58-57-19-10-11-22-59(57)63-60(56)58)54-39-31-48(32-40-54)47-29-35-52(36-30-47)61(50-15-6-2-7-16-50)51-17-8-3-9-18-51/h1-42H. The second-order valence-electron chi connectivity index (χ2n) is 15.8. The van der Waals surface area contributed by atoms with Gasteiger partial charge in [-0.2, -0.15) is 0 Å². The highest BCUT2D eigenvalue weighted by atomic mass is 16.3. The highest BCUT2D eigenvalue weighted by molar-refractivity contribution is 6.09. The fourth-order valence-electron chi connectivity index (χ4n) is 8.71. The molecule has 0 atom stereocenters. The lowest BCUT2D eigenvalue weighted by Crippen LogP contribution is -2.10. The van der Waals surface area contributed by atoms with Crippen LogP contribution in [0, 0.1) is 0 Å². The second-order valence-corrected chi connectivity index (χ2v) is 15.8. The van der Waals surface area contributed by atoms with Crippen LogP contribution in [0.2, 0.25) is 0 Å². The van der Waals surface area contributed by atoms with Gasteiger partial charge in [-0.25, -0.2) is 0 Å². The molecule has 11 rings (SSSR count). The number of fused-ring (bicyclic) bond motifs is 3. The van der Waals surface area contributed by atoms with Crippen molar-refractivity contribution >= 4 is 56.1 Å². The Labute approximate surface area is 368 Å². The minimum Gasteiger partial charge on any atom is -0.455 e. The van der Waals surface area contributed by atoms with Gasteiger partial charge in [0, 0.05) is 50.5 Å². The van der Waals surface area contributed by atoms with Crippen LogP contribution in [0.5, 0.6) is 0 Å². The van der Waals surface area contributed by atoms with Gasteiger partial charge >= 0.3 is 0 Å². The topological polar surface area (TPSA) is 19.6 Å². The van der Waals surface area contributed by atoms with Crippen LogP contribution in [0.25, 0.3) is 66.4 Å². The van der Waals surface area contributed by atoms with Gasteiger partial charge in [-0.15, -0.1) is 0 Å². The molecule has 1 aromatic heterocycles. The maximum absolute atomic E-state index is 6.42. The van der Waals surface area contributed by atoms with E-state index in [1.165, 1.54) is 22.3 Å². The Bertz CT molecular complexity index is 3230. The summed E-state index contributed by atoms with van der Waals surface area (Å²) in [6.07, 6.45) is 0. The van der Waals surface area contributed by atoms with E-state index in [1.807, 2.05) is 12.1 Å². The SMILES string of the molecule is c1ccc(-c2ccc(-c3ccc(N(c4ccc(-c5ccc(N(c6ccccc6)c6ccccc6)cc5)cc4)c4ccc(-c5cccc6c5oc5ccccc56)cc4)cc3)cc2)cc1. The monoisotopic (exact) mass is 806 g/mol. The molecular weight excluding hydrogens is 765 g/mol. The van der Waals surface area contributed by atoms with E-state index in [0.29, 0.717) is 0 Å². The summed E-state index contributed by atoms with van der Waals surface area (Å²) in [5, 5.41) is 2.26. The van der Waals surface area contributed by atoms with Crippen molar-refractivity contribution in [3.05, 3.63) is 255 Å². The first-order valence-electron chi connectivity index (χ1n) is 21.4. The number of furan rings is 1. The molecule has 0 aliphatic rings. The molecule has 0 aliphatic heterocycles. The van der Waals surface area contributed by atoms with Crippen molar-refractivity contribution in [2.75, 3.05) is 9.80 Å². The molecule has 0 N–H and O–H groups in total. The summed E-state index contributed by atoms with van der Waals surface area (Å²) in [6.45, 7) is 0. The highest BCUT2D eigenvalue weighted by Crippen LogP contribution is 2.41. The maximum Gasteiger partial charge on any atom is 0.143 e. The van der Waals surface area contributed by atoms with Crippen molar-refractivity contribution in [3.63, 3.8) is 0 Å². The zero-order valence-corrected chi connectivity index (χ0v) is 34.6. The van der Waals surface area contributed by atoms with E-state index in [9.17, 15) is 0 Å². The van der Waals surface area contributed by atoms with Crippen molar-refractivity contribution in [2.45, 2.75) is 0 Å². The fraction of sp³-hybridized carbons (Fsp3) is 0. The van der Waals surface area contributed by atoms with Crippen molar-refractivity contribution < 1.29 is 4.42 Å². The minimum absolute atomic E-state index is 0.902. The summed E-state index contributed by atoms with van der Waals surface area (Å²) in [7, 11) is 0. The fourth-order valence-corrected chi connectivity index (χ4v) is 8.71. The van der Waals surface area contributed by atoms with Crippen LogP contribution in [0.3, 0.4) is 0 Å². The smallest absolute Gasteiger partial charge is 0.143 e. The van der Waals surface area contributed by atoms with Gasteiger partial charge in [0.25, 0.3) is 0 Å².